The monoisotopic (exact) mass is 266 g/mol. The lowest BCUT2D eigenvalue weighted by Crippen LogP contribution is -2.12. The number of fused-ring (bicyclic) bond motifs is 1. The molecule has 0 saturated carbocycles. The molecule has 1 aromatic heterocycles. The molecule has 0 radical (unpaired) electrons. The maximum Gasteiger partial charge on any atom is 0.251 e. The van der Waals surface area contributed by atoms with E-state index in [0.717, 1.165) is 22.3 Å². The normalized spacial score (nSPS) is 11.7. The van der Waals surface area contributed by atoms with E-state index in [1.807, 2.05) is 67.0 Å². The van der Waals surface area contributed by atoms with Crippen molar-refractivity contribution >= 4 is 22.5 Å². The Hall–Kier alpha value is -2.55. The zero-order valence-electron chi connectivity index (χ0n) is 11.8. The van der Waals surface area contributed by atoms with Crippen LogP contribution < -0.4 is 5.73 Å². The maximum absolute atomic E-state index is 11.7. The molecule has 0 spiro atoms. The molecule has 2 aromatic rings. The molecule has 1 amide bonds. The molecule has 1 heterocycles. The number of nitrogens with zero attached hydrogens (tertiary/aromatic N) is 1. The average Bonchev–Trinajstić information content (AvgIpc) is 2.70. The maximum atomic E-state index is 11.7. The number of para-hydroxylation sites is 1. The third-order valence-corrected chi connectivity index (χ3v) is 3.24. The molecule has 0 aliphatic rings. The van der Waals surface area contributed by atoms with Gasteiger partial charge in [0.15, 0.2) is 0 Å². The van der Waals surface area contributed by atoms with Crippen molar-refractivity contribution in [3.63, 3.8) is 0 Å². The summed E-state index contributed by atoms with van der Waals surface area (Å²) in [5, 5.41) is 0.859. The topological polar surface area (TPSA) is 48.0 Å². The molecule has 0 saturated heterocycles. The van der Waals surface area contributed by atoms with Gasteiger partial charge in [0, 0.05) is 16.8 Å². The lowest BCUT2D eigenvalue weighted by Gasteiger charge is -2.07. The molecule has 0 bridgehead atoms. The van der Waals surface area contributed by atoms with Gasteiger partial charge in [-0.2, -0.15) is 0 Å². The predicted molar refractivity (Wildman–Crippen MR) is 84.5 cm³/mol. The van der Waals surface area contributed by atoms with E-state index >= 15 is 0 Å². The van der Waals surface area contributed by atoms with Crippen LogP contribution in [0, 0.1) is 6.92 Å². The number of primary amides is 1. The number of amides is 1. The van der Waals surface area contributed by atoms with E-state index in [1.165, 1.54) is 0 Å². The first kappa shape index (κ1) is 13.9. The van der Waals surface area contributed by atoms with Crippen LogP contribution in [-0.4, -0.2) is 10.5 Å². The Bertz CT molecular complexity index is 733. The highest BCUT2D eigenvalue weighted by molar-refractivity contribution is 6.08. The number of carbonyl (C=O) groups is 1. The van der Waals surface area contributed by atoms with Gasteiger partial charge in [-0.05, 0) is 26.0 Å². The minimum absolute atomic E-state index is 0.414. The van der Waals surface area contributed by atoms with Crippen LogP contribution >= 0.6 is 0 Å². The van der Waals surface area contributed by atoms with Gasteiger partial charge in [-0.25, -0.2) is 0 Å². The molecule has 20 heavy (non-hydrogen) atoms. The van der Waals surface area contributed by atoms with E-state index in [2.05, 4.69) is 6.58 Å². The molecule has 2 rings (SSSR count). The second-order valence-corrected chi connectivity index (χ2v) is 4.55. The predicted octanol–water partition coefficient (Wildman–Crippen LogP) is 3.65. The van der Waals surface area contributed by atoms with Crippen LogP contribution in [0.4, 0.5) is 0 Å². The minimum Gasteiger partial charge on any atom is -0.366 e. The largest absolute Gasteiger partial charge is 0.366 e. The van der Waals surface area contributed by atoms with Gasteiger partial charge >= 0.3 is 0 Å². The highest BCUT2D eigenvalue weighted by Crippen LogP contribution is 2.28. The van der Waals surface area contributed by atoms with Crippen molar-refractivity contribution in [1.82, 2.24) is 4.57 Å². The third kappa shape index (κ3) is 2.30. The zero-order chi connectivity index (χ0) is 14.7. The van der Waals surface area contributed by atoms with Gasteiger partial charge in [0.25, 0.3) is 5.91 Å². The molecule has 3 heteroatoms. The second-order valence-electron chi connectivity index (χ2n) is 4.55. The smallest absolute Gasteiger partial charge is 0.251 e. The fourth-order valence-electron chi connectivity index (χ4n) is 2.40. The number of hydrogen-bond donors (Lipinski definition) is 1. The Balaban J connectivity index is 2.67. The first-order valence-electron chi connectivity index (χ1n) is 6.46. The summed E-state index contributed by atoms with van der Waals surface area (Å²) in [6, 6.07) is 7.70. The molecule has 0 unspecified atom stereocenters. The quantitative estimate of drug-likeness (QED) is 0.844. The van der Waals surface area contributed by atoms with Crippen LogP contribution in [-0.2, 0) is 0 Å². The van der Waals surface area contributed by atoms with Gasteiger partial charge in [-0.3, -0.25) is 4.79 Å². The highest BCUT2D eigenvalue weighted by atomic mass is 16.1. The summed E-state index contributed by atoms with van der Waals surface area (Å²) in [6.45, 7) is 7.91. The van der Waals surface area contributed by atoms with E-state index in [9.17, 15) is 4.79 Å². The summed E-state index contributed by atoms with van der Waals surface area (Å²) in [5.74, 6) is -0.414. The van der Waals surface area contributed by atoms with Gasteiger partial charge < -0.3 is 10.3 Å². The number of nitrogens with two attached hydrogens (primary N) is 1. The molecular weight excluding hydrogens is 248 g/mol. The van der Waals surface area contributed by atoms with Gasteiger partial charge in [-0.15, -0.1) is 0 Å². The summed E-state index contributed by atoms with van der Waals surface area (Å²) in [7, 11) is 0. The van der Waals surface area contributed by atoms with Crippen LogP contribution in [0.25, 0.3) is 16.6 Å². The van der Waals surface area contributed by atoms with E-state index < -0.39 is 5.91 Å². The number of benzene rings is 1. The summed E-state index contributed by atoms with van der Waals surface area (Å²) in [6.07, 6.45) is 7.70. The van der Waals surface area contributed by atoms with Crippen molar-refractivity contribution in [2.24, 2.45) is 5.73 Å². The van der Waals surface area contributed by atoms with Crippen molar-refractivity contribution in [2.75, 3.05) is 0 Å². The molecule has 1 aromatic carbocycles. The standard InChI is InChI=1S/C17H18N2O/c1-4-5-6-9-12(2)19-13(3)16(17(18)20)14-10-7-8-11-15(14)19/h4-11H,2H2,1,3H3,(H2,18,20)/b5-4-,9-6-. The Labute approximate surface area is 118 Å². The van der Waals surface area contributed by atoms with Crippen LogP contribution in [0.5, 0.6) is 0 Å². The van der Waals surface area contributed by atoms with E-state index in [1.54, 1.807) is 0 Å². The van der Waals surface area contributed by atoms with Gasteiger partial charge in [0.1, 0.15) is 0 Å². The number of allylic oxidation sites excluding steroid dienone is 5. The molecule has 0 aliphatic heterocycles. The Kier molecular flexibility index (Phi) is 3.89. The SMILES string of the molecule is C=C(/C=C\C=C/C)n1c(C)c(C(N)=O)c2ccccc21. The van der Waals surface area contributed by atoms with Gasteiger partial charge in [-0.1, -0.05) is 43.0 Å². The summed E-state index contributed by atoms with van der Waals surface area (Å²) >= 11 is 0. The average molecular weight is 266 g/mol. The molecule has 0 fully saturated rings. The van der Waals surface area contributed by atoms with E-state index in [-0.39, 0.29) is 0 Å². The molecule has 102 valence electrons. The van der Waals surface area contributed by atoms with Crippen molar-refractivity contribution in [3.8, 4) is 0 Å². The number of hydrogen-bond acceptors (Lipinski definition) is 1. The molecule has 3 nitrogen and oxygen atoms in total. The summed E-state index contributed by atoms with van der Waals surface area (Å²) < 4.78 is 1.95. The fraction of sp³-hybridized carbons (Fsp3) is 0.118. The van der Waals surface area contributed by atoms with Crippen molar-refractivity contribution < 1.29 is 4.79 Å². The highest BCUT2D eigenvalue weighted by Gasteiger charge is 2.17. The number of aromatic nitrogens is 1. The lowest BCUT2D eigenvalue weighted by atomic mass is 10.1. The fourth-order valence-corrected chi connectivity index (χ4v) is 2.40. The Morgan fingerprint density at radius 3 is 2.65 bits per heavy atom. The summed E-state index contributed by atoms with van der Waals surface area (Å²) in [5.41, 5.74) is 8.61. The second kappa shape index (κ2) is 5.61. The minimum atomic E-state index is -0.414. The first-order valence-corrected chi connectivity index (χ1v) is 6.46. The van der Waals surface area contributed by atoms with Crippen LogP contribution in [0.2, 0.25) is 0 Å². The Morgan fingerprint density at radius 1 is 1.30 bits per heavy atom. The molecule has 0 aliphatic carbocycles. The first-order chi connectivity index (χ1) is 9.57. The lowest BCUT2D eigenvalue weighted by molar-refractivity contribution is 0.100. The molecule has 2 N–H and O–H groups in total. The van der Waals surface area contributed by atoms with Crippen LogP contribution in [0.3, 0.4) is 0 Å². The van der Waals surface area contributed by atoms with Gasteiger partial charge in [0.05, 0.1) is 11.1 Å². The third-order valence-electron chi connectivity index (χ3n) is 3.24. The van der Waals surface area contributed by atoms with Crippen molar-refractivity contribution in [1.29, 1.82) is 0 Å². The number of rotatable bonds is 4. The molecule has 0 atom stereocenters. The van der Waals surface area contributed by atoms with Crippen molar-refractivity contribution in [3.05, 3.63) is 66.4 Å². The van der Waals surface area contributed by atoms with Crippen LogP contribution in [0.15, 0.2) is 55.1 Å². The van der Waals surface area contributed by atoms with Crippen LogP contribution in [0.1, 0.15) is 23.0 Å². The van der Waals surface area contributed by atoms with E-state index in [4.69, 9.17) is 5.73 Å². The zero-order valence-corrected chi connectivity index (χ0v) is 11.8. The van der Waals surface area contributed by atoms with E-state index in [0.29, 0.717) is 5.56 Å². The number of carbonyl (C=O) groups excluding carboxylic acids is 1. The van der Waals surface area contributed by atoms with Crippen molar-refractivity contribution in [2.45, 2.75) is 13.8 Å². The Morgan fingerprint density at radius 2 is 2.00 bits per heavy atom. The summed E-state index contributed by atoms with van der Waals surface area (Å²) in [4.78, 5) is 11.7. The molecular formula is C17H18N2O. The van der Waals surface area contributed by atoms with Gasteiger partial charge in [0.2, 0.25) is 0 Å².